The average molecular weight is 317 g/mol. The van der Waals surface area contributed by atoms with Crippen LogP contribution in [0.3, 0.4) is 0 Å². The van der Waals surface area contributed by atoms with Gasteiger partial charge in [-0.1, -0.05) is 18.2 Å². The molecule has 1 fully saturated rings. The topological polar surface area (TPSA) is 29.5 Å². The molecule has 0 atom stereocenters. The molecule has 2 aromatic rings. The van der Waals surface area contributed by atoms with E-state index in [9.17, 15) is 13.6 Å². The minimum Gasteiger partial charge on any atom is -0.490 e. The second-order valence-electron chi connectivity index (χ2n) is 5.55. The summed E-state index contributed by atoms with van der Waals surface area (Å²) in [7, 11) is 0. The lowest BCUT2D eigenvalue weighted by Crippen LogP contribution is -2.41. The first-order valence-corrected chi connectivity index (χ1v) is 7.59. The zero-order chi connectivity index (χ0) is 16.2. The fourth-order valence-corrected chi connectivity index (χ4v) is 2.68. The lowest BCUT2D eigenvalue weighted by atomic mass is 10.1. The minimum atomic E-state index is -0.917. The number of likely N-dealkylation sites (tertiary alicyclic amines) is 1. The summed E-state index contributed by atoms with van der Waals surface area (Å²) in [6.07, 6.45) is 1.23. The zero-order valence-corrected chi connectivity index (χ0v) is 12.5. The normalized spacial score (nSPS) is 15.5. The monoisotopic (exact) mass is 317 g/mol. The molecule has 1 amide bonds. The van der Waals surface area contributed by atoms with E-state index in [-0.39, 0.29) is 12.0 Å². The summed E-state index contributed by atoms with van der Waals surface area (Å²) in [4.78, 5) is 14.1. The Morgan fingerprint density at radius 3 is 2.35 bits per heavy atom. The SMILES string of the molecule is O=C(c1ccccc1)N1CCC(Oc2ccc(F)c(F)c2)CC1. The Morgan fingerprint density at radius 1 is 1.00 bits per heavy atom. The van der Waals surface area contributed by atoms with Crippen LogP contribution in [-0.4, -0.2) is 30.0 Å². The Labute approximate surface area is 133 Å². The molecule has 1 aliphatic rings. The predicted octanol–water partition coefficient (Wildman–Crippen LogP) is 3.65. The van der Waals surface area contributed by atoms with Gasteiger partial charge in [0.1, 0.15) is 11.9 Å². The third-order valence-electron chi connectivity index (χ3n) is 3.94. The number of hydrogen-bond donors (Lipinski definition) is 0. The van der Waals surface area contributed by atoms with E-state index in [0.29, 0.717) is 37.2 Å². The van der Waals surface area contributed by atoms with Gasteiger partial charge in [0.05, 0.1) is 0 Å². The molecule has 3 rings (SSSR count). The Balaban J connectivity index is 1.56. The van der Waals surface area contributed by atoms with Crippen LogP contribution in [0.4, 0.5) is 8.78 Å². The van der Waals surface area contributed by atoms with Gasteiger partial charge in [-0.25, -0.2) is 8.78 Å². The maximum Gasteiger partial charge on any atom is 0.253 e. The van der Waals surface area contributed by atoms with Crippen molar-refractivity contribution in [3.63, 3.8) is 0 Å². The highest BCUT2D eigenvalue weighted by molar-refractivity contribution is 5.94. The molecule has 1 aliphatic heterocycles. The standard InChI is InChI=1S/C18H17F2NO2/c19-16-7-6-15(12-17(16)20)23-14-8-10-21(11-9-14)18(22)13-4-2-1-3-5-13/h1-7,12,14H,8-11H2. The third kappa shape index (κ3) is 3.67. The van der Waals surface area contributed by atoms with E-state index >= 15 is 0 Å². The van der Waals surface area contributed by atoms with Crippen molar-refractivity contribution in [1.29, 1.82) is 0 Å². The van der Waals surface area contributed by atoms with Gasteiger partial charge in [0, 0.05) is 37.6 Å². The van der Waals surface area contributed by atoms with Gasteiger partial charge in [0.15, 0.2) is 11.6 Å². The molecule has 23 heavy (non-hydrogen) atoms. The van der Waals surface area contributed by atoms with Crippen molar-refractivity contribution in [2.24, 2.45) is 0 Å². The van der Waals surface area contributed by atoms with Gasteiger partial charge in [0.2, 0.25) is 0 Å². The van der Waals surface area contributed by atoms with Crippen LogP contribution in [0.25, 0.3) is 0 Å². The average Bonchev–Trinajstić information content (AvgIpc) is 2.59. The molecule has 2 aromatic carbocycles. The number of benzene rings is 2. The molecule has 0 radical (unpaired) electrons. The largest absolute Gasteiger partial charge is 0.490 e. The van der Waals surface area contributed by atoms with Crippen LogP contribution in [-0.2, 0) is 0 Å². The van der Waals surface area contributed by atoms with E-state index in [0.717, 1.165) is 12.1 Å². The molecule has 1 heterocycles. The number of carbonyl (C=O) groups is 1. The first-order chi connectivity index (χ1) is 11.1. The number of piperidine rings is 1. The molecule has 0 spiro atoms. The molecule has 0 aromatic heterocycles. The molecule has 120 valence electrons. The van der Waals surface area contributed by atoms with Crippen LogP contribution < -0.4 is 4.74 Å². The molecule has 5 heteroatoms. The molecule has 0 unspecified atom stereocenters. The van der Waals surface area contributed by atoms with E-state index < -0.39 is 11.6 Å². The summed E-state index contributed by atoms with van der Waals surface area (Å²) < 4.78 is 31.8. The van der Waals surface area contributed by atoms with Gasteiger partial charge >= 0.3 is 0 Å². The van der Waals surface area contributed by atoms with Crippen LogP contribution in [0.15, 0.2) is 48.5 Å². The zero-order valence-electron chi connectivity index (χ0n) is 12.5. The van der Waals surface area contributed by atoms with Crippen molar-refractivity contribution < 1.29 is 18.3 Å². The van der Waals surface area contributed by atoms with Crippen molar-refractivity contribution in [1.82, 2.24) is 4.90 Å². The number of carbonyl (C=O) groups excluding carboxylic acids is 1. The van der Waals surface area contributed by atoms with Crippen LogP contribution >= 0.6 is 0 Å². The second kappa shape index (κ2) is 6.77. The van der Waals surface area contributed by atoms with Gasteiger partial charge in [-0.15, -0.1) is 0 Å². The van der Waals surface area contributed by atoms with Gasteiger partial charge in [-0.3, -0.25) is 4.79 Å². The van der Waals surface area contributed by atoms with Crippen LogP contribution in [0, 0.1) is 11.6 Å². The highest BCUT2D eigenvalue weighted by Gasteiger charge is 2.24. The number of amides is 1. The van der Waals surface area contributed by atoms with E-state index in [1.807, 2.05) is 18.2 Å². The smallest absolute Gasteiger partial charge is 0.253 e. The maximum absolute atomic E-state index is 13.2. The molecular weight excluding hydrogens is 300 g/mol. The van der Waals surface area contributed by atoms with Crippen molar-refractivity contribution in [3.05, 3.63) is 65.7 Å². The summed E-state index contributed by atoms with van der Waals surface area (Å²) >= 11 is 0. The fourth-order valence-electron chi connectivity index (χ4n) is 2.68. The fraction of sp³-hybridized carbons (Fsp3) is 0.278. The number of hydrogen-bond acceptors (Lipinski definition) is 2. The molecule has 0 aliphatic carbocycles. The summed E-state index contributed by atoms with van der Waals surface area (Å²) in [6, 6.07) is 12.7. The van der Waals surface area contributed by atoms with Gasteiger partial charge < -0.3 is 9.64 Å². The van der Waals surface area contributed by atoms with E-state index in [1.165, 1.54) is 6.07 Å². The molecular formula is C18H17F2NO2. The Morgan fingerprint density at radius 2 is 1.70 bits per heavy atom. The van der Waals surface area contributed by atoms with Crippen LogP contribution in [0.1, 0.15) is 23.2 Å². The van der Waals surface area contributed by atoms with E-state index in [2.05, 4.69) is 0 Å². The first-order valence-electron chi connectivity index (χ1n) is 7.59. The number of nitrogens with zero attached hydrogens (tertiary/aromatic N) is 1. The molecule has 3 nitrogen and oxygen atoms in total. The number of ether oxygens (including phenoxy) is 1. The highest BCUT2D eigenvalue weighted by atomic mass is 19.2. The number of halogens is 2. The summed E-state index contributed by atoms with van der Waals surface area (Å²) in [5.74, 6) is -1.48. The predicted molar refractivity (Wildman–Crippen MR) is 82.4 cm³/mol. The molecule has 0 N–H and O–H groups in total. The summed E-state index contributed by atoms with van der Waals surface area (Å²) in [5.41, 5.74) is 0.674. The lowest BCUT2D eigenvalue weighted by molar-refractivity contribution is 0.0595. The first kappa shape index (κ1) is 15.5. The van der Waals surface area contributed by atoms with Gasteiger partial charge in [-0.05, 0) is 24.3 Å². The van der Waals surface area contributed by atoms with Crippen LogP contribution in [0.5, 0.6) is 5.75 Å². The Hall–Kier alpha value is -2.43. The van der Waals surface area contributed by atoms with Gasteiger partial charge in [0.25, 0.3) is 5.91 Å². The quantitative estimate of drug-likeness (QED) is 0.865. The van der Waals surface area contributed by atoms with Crippen molar-refractivity contribution in [2.45, 2.75) is 18.9 Å². The van der Waals surface area contributed by atoms with Crippen molar-refractivity contribution in [3.8, 4) is 5.75 Å². The summed E-state index contributed by atoms with van der Waals surface area (Å²) in [6.45, 7) is 1.17. The lowest BCUT2D eigenvalue weighted by Gasteiger charge is -2.32. The Kier molecular flexibility index (Phi) is 4.55. The van der Waals surface area contributed by atoms with Crippen LogP contribution in [0.2, 0.25) is 0 Å². The van der Waals surface area contributed by atoms with E-state index in [1.54, 1.807) is 17.0 Å². The summed E-state index contributed by atoms with van der Waals surface area (Å²) in [5, 5.41) is 0. The van der Waals surface area contributed by atoms with E-state index in [4.69, 9.17) is 4.74 Å². The number of rotatable bonds is 3. The van der Waals surface area contributed by atoms with Crippen molar-refractivity contribution >= 4 is 5.91 Å². The molecule has 0 saturated carbocycles. The third-order valence-corrected chi connectivity index (χ3v) is 3.94. The molecule has 0 bridgehead atoms. The second-order valence-corrected chi connectivity index (χ2v) is 5.55. The Bertz CT molecular complexity index is 683. The highest BCUT2D eigenvalue weighted by Crippen LogP contribution is 2.22. The van der Waals surface area contributed by atoms with Crippen molar-refractivity contribution in [2.75, 3.05) is 13.1 Å². The maximum atomic E-state index is 13.2. The molecule has 1 saturated heterocycles. The van der Waals surface area contributed by atoms with Gasteiger partial charge in [-0.2, -0.15) is 0 Å². The minimum absolute atomic E-state index is 0.0110.